The molecule has 0 saturated heterocycles. The van der Waals surface area contributed by atoms with Crippen molar-refractivity contribution in [2.45, 2.75) is 39.7 Å². The predicted octanol–water partition coefficient (Wildman–Crippen LogP) is 4.15. The Labute approximate surface area is 181 Å². The number of ketones is 1. The second kappa shape index (κ2) is 7.88. The van der Waals surface area contributed by atoms with Crippen molar-refractivity contribution in [3.05, 3.63) is 58.5 Å². The first kappa shape index (κ1) is 20.6. The van der Waals surface area contributed by atoms with Gasteiger partial charge in [-0.25, -0.2) is 4.98 Å². The number of carbonyl (C=O) groups is 1. The van der Waals surface area contributed by atoms with Crippen LogP contribution in [0.4, 0.5) is 5.82 Å². The fraction of sp³-hybridized carbons (Fsp3) is 0.333. The van der Waals surface area contributed by atoms with E-state index in [4.69, 9.17) is 10.5 Å². The van der Waals surface area contributed by atoms with Crippen LogP contribution < -0.4 is 10.5 Å². The van der Waals surface area contributed by atoms with Gasteiger partial charge in [0.15, 0.2) is 17.4 Å². The molecule has 1 aliphatic rings. The number of pyridine rings is 1. The number of nitrogen functional groups attached to an aromatic ring is 1. The van der Waals surface area contributed by atoms with E-state index in [0.29, 0.717) is 46.7 Å². The van der Waals surface area contributed by atoms with Crippen LogP contribution in [0.25, 0.3) is 11.1 Å². The molecule has 1 aromatic carbocycles. The first-order valence-corrected chi connectivity index (χ1v) is 10.4. The Kier molecular flexibility index (Phi) is 5.24. The maximum atomic E-state index is 13.6. The predicted molar refractivity (Wildman–Crippen MR) is 118 cm³/mol. The fourth-order valence-corrected chi connectivity index (χ4v) is 4.21. The zero-order valence-electron chi connectivity index (χ0n) is 18.1. The minimum atomic E-state index is -0.404. The molecule has 31 heavy (non-hydrogen) atoms. The Hall–Kier alpha value is -3.66. The van der Waals surface area contributed by atoms with Crippen LogP contribution in [-0.2, 0) is 13.5 Å². The molecule has 0 radical (unpaired) electrons. The molecule has 0 spiro atoms. The Bertz CT molecular complexity index is 1220. The van der Waals surface area contributed by atoms with E-state index in [2.05, 4.69) is 16.2 Å². The molecule has 2 aromatic heterocycles. The Morgan fingerprint density at radius 2 is 2.13 bits per heavy atom. The van der Waals surface area contributed by atoms with E-state index in [1.54, 1.807) is 24.0 Å². The number of nitrogens with zero attached hydrogens (tertiary/aromatic N) is 4. The van der Waals surface area contributed by atoms with Crippen molar-refractivity contribution in [2.75, 3.05) is 5.73 Å². The lowest BCUT2D eigenvalue weighted by Gasteiger charge is -2.23. The molecule has 1 unspecified atom stereocenters. The molecule has 4 rings (SSSR count). The van der Waals surface area contributed by atoms with Crippen molar-refractivity contribution in [3.8, 4) is 22.9 Å². The van der Waals surface area contributed by atoms with E-state index in [1.165, 1.54) is 0 Å². The molecule has 2 N–H and O–H groups in total. The number of fused-ring (bicyclic) bond motifs is 5. The highest BCUT2D eigenvalue weighted by atomic mass is 16.5. The summed E-state index contributed by atoms with van der Waals surface area (Å²) < 4.78 is 7.76. The number of rotatable bonds is 1. The average molecular weight is 415 g/mol. The third-order valence-electron chi connectivity index (χ3n) is 5.91. The zero-order valence-corrected chi connectivity index (χ0v) is 18.1. The van der Waals surface area contributed by atoms with Gasteiger partial charge in [0.25, 0.3) is 0 Å². The van der Waals surface area contributed by atoms with Gasteiger partial charge in [-0.2, -0.15) is 10.4 Å². The van der Waals surface area contributed by atoms with Crippen molar-refractivity contribution in [1.29, 1.82) is 5.26 Å². The summed E-state index contributed by atoms with van der Waals surface area (Å²) in [6.07, 6.45) is 2.31. The van der Waals surface area contributed by atoms with Gasteiger partial charge in [-0.1, -0.05) is 30.7 Å². The number of anilines is 1. The summed E-state index contributed by atoms with van der Waals surface area (Å²) in [6.45, 7) is 5.89. The van der Waals surface area contributed by atoms with Crippen LogP contribution in [0.5, 0.6) is 5.75 Å². The molecule has 158 valence electrons. The van der Waals surface area contributed by atoms with Gasteiger partial charge in [0.2, 0.25) is 0 Å². The van der Waals surface area contributed by atoms with Crippen molar-refractivity contribution in [1.82, 2.24) is 14.8 Å². The lowest BCUT2D eigenvalue weighted by atomic mass is 9.85. The Morgan fingerprint density at radius 1 is 1.35 bits per heavy atom. The molecule has 1 aliphatic heterocycles. The van der Waals surface area contributed by atoms with Gasteiger partial charge in [-0.05, 0) is 26.3 Å². The fourth-order valence-electron chi connectivity index (χ4n) is 4.21. The normalized spacial score (nSPS) is 18.1. The zero-order chi connectivity index (χ0) is 22.3. The topological polar surface area (TPSA) is 107 Å². The lowest BCUT2D eigenvalue weighted by molar-refractivity contribution is 0.0910. The molecule has 2 bridgehead atoms. The van der Waals surface area contributed by atoms with Gasteiger partial charge in [0.1, 0.15) is 17.9 Å². The highest BCUT2D eigenvalue weighted by Gasteiger charge is 2.29. The number of aryl methyl sites for hydroxylation is 2. The summed E-state index contributed by atoms with van der Waals surface area (Å²) in [6, 6.07) is 9.84. The monoisotopic (exact) mass is 415 g/mol. The maximum absolute atomic E-state index is 13.6. The highest BCUT2D eigenvalue weighted by Crippen LogP contribution is 2.37. The molecule has 0 amide bonds. The SMILES string of the molecule is CCC1Cc2nn(C)c(C#N)c2-c2cnc(N)c(c2)O[C@H](C)c2cc(C)ccc2C1=O. The summed E-state index contributed by atoms with van der Waals surface area (Å²) in [5.41, 5.74) is 11.1. The van der Waals surface area contributed by atoms with Gasteiger partial charge in [-0.3, -0.25) is 9.48 Å². The minimum absolute atomic E-state index is 0.0541. The minimum Gasteiger partial charge on any atom is -0.482 e. The summed E-state index contributed by atoms with van der Waals surface area (Å²) in [5, 5.41) is 14.3. The molecule has 0 aliphatic carbocycles. The van der Waals surface area contributed by atoms with Crippen LogP contribution in [0.2, 0.25) is 0 Å². The Balaban J connectivity index is 1.99. The van der Waals surface area contributed by atoms with E-state index < -0.39 is 6.10 Å². The first-order chi connectivity index (χ1) is 14.8. The number of hydrogen-bond donors (Lipinski definition) is 1. The number of Topliss-reactive ketones (excluding diaryl/α,β-unsaturated/α-hetero) is 1. The van der Waals surface area contributed by atoms with Crippen LogP contribution in [-0.4, -0.2) is 20.5 Å². The second-order valence-electron chi connectivity index (χ2n) is 8.04. The van der Waals surface area contributed by atoms with Gasteiger partial charge in [-0.15, -0.1) is 0 Å². The van der Waals surface area contributed by atoms with E-state index in [1.807, 2.05) is 39.0 Å². The van der Waals surface area contributed by atoms with Crippen LogP contribution >= 0.6 is 0 Å². The summed E-state index contributed by atoms with van der Waals surface area (Å²) in [7, 11) is 1.73. The number of nitrogens with two attached hydrogens (primary N) is 1. The van der Waals surface area contributed by atoms with Gasteiger partial charge >= 0.3 is 0 Å². The van der Waals surface area contributed by atoms with Gasteiger partial charge in [0, 0.05) is 47.8 Å². The molecular weight excluding hydrogens is 390 g/mol. The molecule has 3 heterocycles. The third kappa shape index (κ3) is 3.55. The van der Waals surface area contributed by atoms with E-state index in [-0.39, 0.29) is 17.5 Å². The maximum Gasteiger partial charge on any atom is 0.166 e. The highest BCUT2D eigenvalue weighted by molar-refractivity contribution is 5.99. The van der Waals surface area contributed by atoms with Gasteiger partial charge in [0.05, 0.1) is 5.69 Å². The Morgan fingerprint density at radius 3 is 2.84 bits per heavy atom. The smallest absolute Gasteiger partial charge is 0.166 e. The molecule has 0 fully saturated rings. The quantitative estimate of drug-likeness (QED) is 0.640. The number of aromatic nitrogens is 3. The van der Waals surface area contributed by atoms with Crippen LogP contribution in [0.3, 0.4) is 0 Å². The molecule has 7 heteroatoms. The molecule has 0 saturated carbocycles. The standard InChI is InChI=1S/C24H25N5O2/c1-5-15-9-19-22(20(11-25)29(4)28-19)16-10-21(24(26)27-12-16)31-14(3)18-8-13(2)6-7-17(18)23(15)30/h6-8,10,12,14-15H,5,9H2,1-4H3,(H2,26,27)/t14-,15?/m1/s1. The molecule has 2 atom stereocenters. The molecule has 7 nitrogen and oxygen atoms in total. The number of ether oxygens (including phenoxy) is 1. The van der Waals surface area contributed by atoms with Crippen molar-refractivity contribution < 1.29 is 9.53 Å². The molecular formula is C24H25N5O2. The largest absolute Gasteiger partial charge is 0.482 e. The van der Waals surface area contributed by atoms with E-state index in [0.717, 1.165) is 11.1 Å². The summed E-state index contributed by atoms with van der Waals surface area (Å²) in [4.78, 5) is 17.9. The number of nitriles is 1. The van der Waals surface area contributed by atoms with E-state index in [9.17, 15) is 10.1 Å². The van der Waals surface area contributed by atoms with Crippen molar-refractivity contribution in [3.63, 3.8) is 0 Å². The lowest BCUT2D eigenvalue weighted by Crippen LogP contribution is -2.21. The first-order valence-electron chi connectivity index (χ1n) is 10.4. The second-order valence-corrected chi connectivity index (χ2v) is 8.04. The molecule has 3 aromatic rings. The average Bonchev–Trinajstić information content (AvgIpc) is 3.07. The number of carbonyl (C=O) groups excluding carboxylic acids is 1. The van der Waals surface area contributed by atoms with Crippen LogP contribution in [0.1, 0.15) is 59.2 Å². The van der Waals surface area contributed by atoms with Crippen molar-refractivity contribution in [2.24, 2.45) is 13.0 Å². The number of benzene rings is 1. The van der Waals surface area contributed by atoms with E-state index >= 15 is 0 Å². The van der Waals surface area contributed by atoms with Gasteiger partial charge < -0.3 is 10.5 Å². The number of hydrogen-bond acceptors (Lipinski definition) is 6. The summed E-state index contributed by atoms with van der Waals surface area (Å²) in [5.74, 6) is 0.452. The van der Waals surface area contributed by atoms with Crippen LogP contribution in [0.15, 0.2) is 30.5 Å². The van der Waals surface area contributed by atoms with Crippen molar-refractivity contribution >= 4 is 11.6 Å². The summed E-state index contributed by atoms with van der Waals surface area (Å²) >= 11 is 0. The van der Waals surface area contributed by atoms with Crippen LogP contribution in [0, 0.1) is 24.2 Å². The third-order valence-corrected chi connectivity index (χ3v) is 5.91.